The molecule has 0 saturated heterocycles. The number of carbonyl (C=O) groups is 2. The summed E-state index contributed by atoms with van der Waals surface area (Å²) in [5.74, 6) is 2.00. The Labute approximate surface area is 207 Å². The topological polar surface area (TPSA) is 66.8 Å². The van der Waals surface area contributed by atoms with E-state index in [0.717, 1.165) is 50.9 Å². The smallest absolute Gasteiger partial charge is 0.316 e. The van der Waals surface area contributed by atoms with E-state index in [9.17, 15) is 14.7 Å². The lowest BCUT2D eigenvalue weighted by Crippen LogP contribution is -2.45. The fourth-order valence-corrected chi connectivity index (χ4v) is 5.87. The van der Waals surface area contributed by atoms with Gasteiger partial charge in [-0.3, -0.25) is 4.79 Å². The molecule has 1 fully saturated rings. The van der Waals surface area contributed by atoms with Gasteiger partial charge in [-0.2, -0.15) is 0 Å². The second kappa shape index (κ2) is 15.2. The van der Waals surface area contributed by atoms with Crippen LogP contribution in [0.25, 0.3) is 0 Å². The zero-order valence-electron chi connectivity index (χ0n) is 21.9. The summed E-state index contributed by atoms with van der Waals surface area (Å²) in [5, 5.41) is 11.4. The predicted molar refractivity (Wildman–Crippen MR) is 139 cm³/mol. The lowest BCUT2D eigenvalue weighted by molar-refractivity contribution is -0.153. The minimum Gasteiger partial charge on any atom is -0.461 e. The molecular formula is C27H49NO4S. The molecule has 1 N–H and O–H groups in total. The van der Waals surface area contributed by atoms with E-state index < -0.39 is 11.5 Å². The van der Waals surface area contributed by atoms with E-state index in [1.807, 2.05) is 13.0 Å². The summed E-state index contributed by atoms with van der Waals surface area (Å²) >= 11 is 1.63. The summed E-state index contributed by atoms with van der Waals surface area (Å²) in [6.07, 6.45) is 5.82. The monoisotopic (exact) mass is 483 g/mol. The molecule has 0 unspecified atom stereocenters. The summed E-state index contributed by atoms with van der Waals surface area (Å²) in [5.41, 5.74) is -0.564. The highest BCUT2D eigenvalue weighted by atomic mass is 32.2. The number of carbonyl (C=O) groups excluding carboxylic acids is 2. The van der Waals surface area contributed by atoms with Gasteiger partial charge in [0.2, 0.25) is 0 Å². The first-order chi connectivity index (χ1) is 15.6. The SMILES string of the molecule is C=C[C@]1(C)C[C@@H](OC(=O)CSCCN(CC)CC)[C@H](C)[C@H](C)CC[C@@H](CCC=O)[C@@H](C)[C@@H]1O. The Morgan fingerprint density at radius 3 is 2.45 bits per heavy atom. The van der Waals surface area contributed by atoms with E-state index in [2.05, 4.69) is 46.1 Å². The van der Waals surface area contributed by atoms with Crippen molar-refractivity contribution in [1.29, 1.82) is 0 Å². The van der Waals surface area contributed by atoms with Crippen LogP contribution >= 0.6 is 11.8 Å². The van der Waals surface area contributed by atoms with Crippen molar-refractivity contribution in [1.82, 2.24) is 4.90 Å². The fraction of sp³-hybridized carbons (Fsp3) is 0.852. The molecule has 0 heterocycles. The van der Waals surface area contributed by atoms with E-state index in [-0.39, 0.29) is 23.9 Å². The molecule has 33 heavy (non-hydrogen) atoms. The van der Waals surface area contributed by atoms with Crippen LogP contribution in [0.1, 0.15) is 73.6 Å². The lowest BCUT2D eigenvalue weighted by atomic mass is 9.66. The molecule has 1 saturated carbocycles. The van der Waals surface area contributed by atoms with Crippen LogP contribution in [0.2, 0.25) is 0 Å². The van der Waals surface area contributed by atoms with E-state index in [1.165, 1.54) is 0 Å². The minimum atomic E-state index is -0.600. The third-order valence-corrected chi connectivity index (χ3v) is 9.02. The maximum Gasteiger partial charge on any atom is 0.316 e. The van der Waals surface area contributed by atoms with Crippen LogP contribution in [0.4, 0.5) is 0 Å². The third-order valence-electron chi connectivity index (χ3n) is 8.11. The maximum absolute atomic E-state index is 12.7. The molecule has 192 valence electrons. The lowest BCUT2D eigenvalue weighted by Gasteiger charge is -2.43. The largest absolute Gasteiger partial charge is 0.461 e. The maximum atomic E-state index is 12.7. The van der Waals surface area contributed by atoms with E-state index in [4.69, 9.17) is 4.74 Å². The Bertz CT molecular complexity index is 597. The Morgan fingerprint density at radius 1 is 1.21 bits per heavy atom. The number of nitrogens with zero attached hydrogens (tertiary/aromatic N) is 1. The highest BCUT2D eigenvalue weighted by Gasteiger charge is 2.42. The average molecular weight is 484 g/mol. The number of aliphatic hydroxyl groups is 1. The fourth-order valence-electron chi connectivity index (χ4n) is 5.10. The van der Waals surface area contributed by atoms with Gasteiger partial charge in [-0.05, 0) is 56.0 Å². The zero-order chi connectivity index (χ0) is 25.0. The van der Waals surface area contributed by atoms with Crippen LogP contribution in [0, 0.1) is 29.1 Å². The van der Waals surface area contributed by atoms with Crippen molar-refractivity contribution in [3.8, 4) is 0 Å². The van der Waals surface area contributed by atoms with Gasteiger partial charge in [-0.1, -0.05) is 54.0 Å². The van der Waals surface area contributed by atoms with Crippen LogP contribution in [0.15, 0.2) is 12.7 Å². The molecule has 0 aromatic heterocycles. The van der Waals surface area contributed by atoms with Gasteiger partial charge in [0.25, 0.3) is 0 Å². The third kappa shape index (κ3) is 9.37. The molecule has 0 radical (unpaired) electrons. The van der Waals surface area contributed by atoms with Crippen molar-refractivity contribution in [3.05, 3.63) is 12.7 Å². The summed E-state index contributed by atoms with van der Waals surface area (Å²) in [7, 11) is 0. The number of hydrogen-bond donors (Lipinski definition) is 1. The molecular weight excluding hydrogens is 434 g/mol. The molecule has 0 spiro atoms. The molecule has 0 bridgehead atoms. The van der Waals surface area contributed by atoms with Crippen molar-refractivity contribution >= 4 is 24.0 Å². The van der Waals surface area contributed by atoms with Crippen LogP contribution in [0.3, 0.4) is 0 Å². The van der Waals surface area contributed by atoms with Gasteiger partial charge in [0.05, 0.1) is 11.9 Å². The van der Waals surface area contributed by atoms with Gasteiger partial charge in [-0.25, -0.2) is 0 Å². The van der Waals surface area contributed by atoms with Crippen LogP contribution in [0.5, 0.6) is 0 Å². The molecule has 0 amide bonds. The average Bonchev–Trinajstić information content (AvgIpc) is 2.81. The molecule has 6 heteroatoms. The van der Waals surface area contributed by atoms with Crippen LogP contribution in [-0.2, 0) is 14.3 Å². The summed E-state index contributed by atoms with van der Waals surface area (Å²) in [4.78, 5) is 26.1. The van der Waals surface area contributed by atoms with Crippen LogP contribution < -0.4 is 0 Å². The Kier molecular flexibility index (Phi) is 13.9. The number of aliphatic hydroxyl groups excluding tert-OH is 1. The highest BCUT2D eigenvalue weighted by Crippen LogP contribution is 2.43. The second-order valence-electron chi connectivity index (χ2n) is 10.2. The second-order valence-corrected chi connectivity index (χ2v) is 11.3. The summed E-state index contributed by atoms with van der Waals surface area (Å²) in [6, 6.07) is 0. The van der Waals surface area contributed by atoms with Gasteiger partial charge >= 0.3 is 5.97 Å². The number of esters is 1. The van der Waals surface area contributed by atoms with E-state index in [0.29, 0.717) is 30.4 Å². The normalized spacial score (nSPS) is 33.5. The molecule has 1 rings (SSSR count). The molecule has 5 nitrogen and oxygen atoms in total. The minimum absolute atomic E-state index is 0.0422. The van der Waals surface area contributed by atoms with Crippen molar-refractivity contribution in [2.45, 2.75) is 85.9 Å². The first kappa shape index (κ1) is 30.2. The molecule has 7 atom stereocenters. The van der Waals surface area contributed by atoms with Crippen molar-refractivity contribution < 1.29 is 19.4 Å². The molecule has 0 aliphatic heterocycles. The first-order valence-corrected chi connectivity index (χ1v) is 14.0. The summed E-state index contributed by atoms with van der Waals surface area (Å²) in [6.45, 7) is 19.9. The first-order valence-electron chi connectivity index (χ1n) is 12.9. The highest BCUT2D eigenvalue weighted by molar-refractivity contribution is 7.99. The number of thioether (sulfide) groups is 1. The molecule has 0 aromatic carbocycles. The Morgan fingerprint density at radius 2 is 1.88 bits per heavy atom. The Balaban J connectivity index is 2.90. The number of hydrogen-bond acceptors (Lipinski definition) is 6. The molecule has 1 aliphatic rings. The van der Waals surface area contributed by atoms with Crippen molar-refractivity contribution in [3.63, 3.8) is 0 Å². The van der Waals surface area contributed by atoms with E-state index >= 15 is 0 Å². The van der Waals surface area contributed by atoms with Crippen molar-refractivity contribution in [2.24, 2.45) is 29.1 Å². The molecule has 0 aromatic rings. The van der Waals surface area contributed by atoms with Crippen molar-refractivity contribution in [2.75, 3.05) is 31.1 Å². The van der Waals surface area contributed by atoms with Gasteiger partial charge in [0.1, 0.15) is 12.4 Å². The molecule has 1 aliphatic carbocycles. The van der Waals surface area contributed by atoms with Gasteiger partial charge in [0, 0.05) is 24.1 Å². The predicted octanol–water partition coefficient (Wildman–Crippen LogP) is 5.21. The van der Waals surface area contributed by atoms with E-state index in [1.54, 1.807) is 11.8 Å². The van der Waals surface area contributed by atoms with Gasteiger partial charge < -0.3 is 19.5 Å². The quantitative estimate of drug-likeness (QED) is 0.178. The number of ether oxygens (including phenoxy) is 1. The summed E-state index contributed by atoms with van der Waals surface area (Å²) < 4.78 is 6.06. The zero-order valence-corrected chi connectivity index (χ0v) is 22.7. The van der Waals surface area contributed by atoms with Gasteiger partial charge in [-0.15, -0.1) is 18.3 Å². The Hall–Kier alpha value is -0.850. The number of rotatable bonds is 12. The standard InChI is InChI=1S/C27H49NO4S/c1-8-27(7)18-24(32-25(30)19-33-17-15-28(9-2)10-3)21(5)20(4)13-14-23(12-11-16-29)22(6)26(27)31/h8,16,20-24,26,31H,1,9-15,17-19H2,2-7H3/t20-,21-,22-,23-,24-,26+,27-/m1/s1. The van der Waals surface area contributed by atoms with Crippen LogP contribution in [-0.4, -0.2) is 65.6 Å². The van der Waals surface area contributed by atoms with Gasteiger partial charge in [0.15, 0.2) is 0 Å². The number of aldehydes is 1.